The lowest BCUT2D eigenvalue weighted by Gasteiger charge is -1.98. The van der Waals surface area contributed by atoms with Crippen LogP contribution in [0, 0.1) is 6.92 Å². The molecule has 1 saturated carbocycles. The molecule has 2 aromatic heterocycles. The van der Waals surface area contributed by atoms with Crippen molar-refractivity contribution in [1.29, 1.82) is 0 Å². The summed E-state index contributed by atoms with van der Waals surface area (Å²) in [7, 11) is 0. The van der Waals surface area contributed by atoms with Crippen molar-refractivity contribution in [3.63, 3.8) is 0 Å². The van der Waals surface area contributed by atoms with Gasteiger partial charge in [-0.2, -0.15) is 0 Å². The Hall–Kier alpha value is -1.27. The van der Waals surface area contributed by atoms with Crippen molar-refractivity contribution in [3.05, 3.63) is 29.5 Å². The SMILES string of the molecule is Cc1nnc(SCc2ccc(CNC3CC3)o2)o1. The monoisotopic (exact) mass is 265 g/mol. The van der Waals surface area contributed by atoms with Crippen molar-refractivity contribution >= 4 is 11.8 Å². The van der Waals surface area contributed by atoms with E-state index in [0.29, 0.717) is 22.9 Å². The van der Waals surface area contributed by atoms with E-state index < -0.39 is 0 Å². The van der Waals surface area contributed by atoms with Gasteiger partial charge in [-0.1, -0.05) is 11.8 Å². The smallest absolute Gasteiger partial charge is 0.277 e. The van der Waals surface area contributed by atoms with Crippen LogP contribution in [0.3, 0.4) is 0 Å². The first kappa shape index (κ1) is 11.8. The van der Waals surface area contributed by atoms with Crippen molar-refractivity contribution in [3.8, 4) is 0 Å². The fraction of sp³-hybridized carbons (Fsp3) is 0.500. The highest BCUT2D eigenvalue weighted by atomic mass is 32.2. The Morgan fingerprint density at radius 1 is 1.28 bits per heavy atom. The van der Waals surface area contributed by atoms with Gasteiger partial charge in [-0.3, -0.25) is 0 Å². The van der Waals surface area contributed by atoms with E-state index in [9.17, 15) is 0 Å². The van der Waals surface area contributed by atoms with Crippen LogP contribution in [-0.4, -0.2) is 16.2 Å². The molecule has 0 aliphatic heterocycles. The summed E-state index contributed by atoms with van der Waals surface area (Å²) >= 11 is 1.49. The molecule has 2 aromatic rings. The third-order valence-electron chi connectivity index (χ3n) is 2.71. The molecule has 6 heteroatoms. The lowest BCUT2D eigenvalue weighted by Crippen LogP contribution is -2.14. The van der Waals surface area contributed by atoms with Crippen molar-refractivity contribution < 1.29 is 8.83 Å². The van der Waals surface area contributed by atoms with Crippen molar-refractivity contribution in [2.45, 2.75) is 43.3 Å². The molecule has 1 aliphatic rings. The largest absolute Gasteiger partial charge is 0.464 e. The topological polar surface area (TPSA) is 64.1 Å². The molecule has 2 heterocycles. The maximum Gasteiger partial charge on any atom is 0.277 e. The Bertz CT molecular complexity index is 519. The zero-order chi connectivity index (χ0) is 12.4. The average molecular weight is 265 g/mol. The third-order valence-corrected chi connectivity index (χ3v) is 3.55. The van der Waals surface area contributed by atoms with Crippen LogP contribution in [0.4, 0.5) is 0 Å². The Kier molecular flexibility index (Phi) is 3.38. The van der Waals surface area contributed by atoms with Crippen LogP contribution in [0.15, 0.2) is 26.2 Å². The van der Waals surface area contributed by atoms with E-state index in [4.69, 9.17) is 8.83 Å². The summed E-state index contributed by atoms with van der Waals surface area (Å²) in [5, 5.41) is 11.7. The summed E-state index contributed by atoms with van der Waals surface area (Å²) in [6.45, 7) is 2.60. The first-order chi connectivity index (χ1) is 8.79. The van der Waals surface area contributed by atoms with Gasteiger partial charge in [0.05, 0.1) is 12.3 Å². The maximum atomic E-state index is 5.72. The molecule has 0 saturated heterocycles. The molecular weight excluding hydrogens is 250 g/mol. The number of thioether (sulfide) groups is 1. The molecular formula is C12H15N3O2S. The molecule has 5 nitrogen and oxygen atoms in total. The van der Waals surface area contributed by atoms with E-state index in [1.807, 2.05) is 12.1 Å². The van der Waals surface area contributed by atoms with Gasteiger partial charge in [-0.15, -0.1) is 10.2 Å². The molecule has 3 rings (SSSR count). The number of aryl methyl sites for hydroxylation is 1. The van der Waals surface area contributed by atoms with Crippen LogP contribution in [0.2, 0.25) is 0 Å². The standard InChI is InChI=1S/C12H15N3O2S/c1-8-14-15-12(16-8)18-7-11-5-4-10(17-11)6-13-9-2-3-9/h4-5,9,13H,2-3,6-7H2,1H3. The van der Waals surface area contributed by atoms with Crippen molar-refractivity contribution in [2.75, 3.05) is 0 Å². The second kappa shape index (κ2) is 5.16. The van der Waals surface area contributed by atoms with Gasteiger partial charge in [0.1, 0.15) is 11.5 Å². The molecule has 0 amide bonds. The molecule has 0 atom stereocenters. The normalized spacial score (nSPS) is 15.2. The lowest BCUT2D eigenvalue weighted by molar-refractivity contribution is 0.427. The number of hydrogen-bond acceptors (Lipinski definition) is 6. The van der Waals surface area contributed by atoms with Gasteiger partial charge < -0.3 is 14.2 Å². The lowest BCUT2D eigenvalue weighted by atomic mass is 10.4. The van der Waals surface area contributed by atoms with Crippen molar-refractivity contribution in [1.82, 2.24) is 15.5 Å². The van der Waals surface area contributed by atoms with Gasteiger partial charge in [0.15, 0.2) is 0 Å². The van der Waals surface area contributed by atoms with Crippen LogP contribution in [0.1, 0.15) is 30.3 Å². The molecule has 18 heavy (non-hydrogen) atoms. The third kappa shape index (κ3) is 3.14. The number of aromatic nitrogens is 2. The van der Waals surface area contributed by atoms with Gasteiger partial charge in [-0.05, 0) is 25.0 Å². The fourth-order valence-electron chi connectivity index (χ4n) is 1.60. The van der Waals surface area contributed by atoms with Gasteiger partial charge in [-0.25, -0.2) is 0 Å². The Morgan fingerprint density at radius 2 is 2.11 bits per heavy atom. The zero-order valence-electron chi connectivity index (χ0n) is 10.2. The minimum Gasteiger partial charge on any atom is -0.464 e. The first-order valence-electron chi connectivity index (χ1n) is 6.03. The predicted molar refractivity (Wildman–Crippen MR) is 67.2 cm³/mol. The zero-order valence-corrected chi connectivity index (χ0v) is 11.0. The Labute approximate surface area is 109 Å². The summed E-state index contributed by atoms with van der Waals surface area (Å²) in [6, 6.07) is 4.72. The molecule has 0 bridgehead atoms. The summed E-state index contributed by atoms with van der Waals surface area (Å²) in [4.78, 5) is 0. The van der Waals surface area contributed by atoms with Gasteiger partial charge in [0, 0.05) is 13.0 Å². The highest BCUT2D eigenvalue weighted by molar-refractivity contribution is 7.98. The summed E-state index contributed by atoms with van der Waals surface area (Å²) in [5.74, 6) is 3.22. The first-order valence-corrected chi connectivity index (χ1v) is 7.02. The van der Waals surface area contributed by atoms with Crippen molar-refractivity contribution in [2.24, 2.45) is 0 Å². The highest BCUT2D eigenvalue weighted by Gasteiger charge is 2.20. The molecule has 1 aliphatic carbocycles. The molecule has 1 N–H and O–H groups in total. The highest BCUT2D eigenvalue weighted by Crippen LogP contribution is 2.23. The maximum absolute atomic E-state index is 5.72. The molecule has 0 unspecified atom stereocenters. The number of rotatable bonds is 6. The van der Waals surface area contributed by atoms with Gasteiger partial charge >= 0.3 is 0 Å². The molecule has 0 radical (unpaired) electrons. The predicted octanol–water partition coefficient (Wildman–Crippen LogP) is 2.52. The minimum absolute atomic E-state index is 0.585. The molecule has 1 fully saturated rings. The quantitative estimate of drug-likeness (QED) is 0.810. The second-order valence-corrected chi connectivity index (χ2v) is 5.33. The molecule has 0 spiro atoms. The van der Waals surface area contributed by atoms with E-state index in [1.54, 1.807) is 6.92 Å². The number of nitrogens with one attached hydrogen (secondary N) is 1. The minimum atomic E-state index is 0.585. The summed E-state index contributed by atoms with van der Waals surface area (Å²) in [6.07, 6.45) is 2.58. The van der Waals surface area contributed by atoms with E-state index in [-0.39, 0.29) is 0 Å². The number of hydrogen-bond donors (Lipinski definition) is 1. The van der Waals surface area contributed by atoms with Crippen LogP contribution in [0.25, 0.3) is 0 Å². The summed E-state index contributed by atoms with van der Waals surface area (Å²) in [5.41, 5.74) is 0. The van der Waals surface area contributed by atoms with E-state index in [2.05, 4.69) is 15.5 Å². The number of furan rings is 1. The van der Waals surface area contributed by atoms with E-state index >= 15 is 0 Å². The summed E-state index contributed by atoms with van der Waals surface area (Å²) < 4.78 is 11.0. The van der Waals surface area contributed by atoms with E-state index in [0.717, 1.165) is 18.1 Å². The van der Waals surface area contributed by atoms with Gasteiger partial charge in [0.2, 0.25) is 5.89 Å². The average Bonchev–Trinajstić information content (AvgIpc) is 2.93. The Morgan fingerprint density at radius 3 is 2.83 bits per heavy atom. The van der Waals surface area contributed by atoms with Gasteiger partial charge in [0.25, 0.3) is 5.22 Å². The van der Waals surface area contributed by atoms with Crippen LogP contribution >= 0.6 is 11.8 Å². The van der Waals surface area contributed by atoms with Crippen LogP contribution in [-0.2, 0) is 12.3 Å². The second-order valence-electron chi connectivity index (χ2n) is 4.40. The molecule has 0 aromatic carbocycles. The van der Waals surface area contributed by atoms with Crippen LogP contribution < -0.4 is 5.32 Å². The fourth-order valence-corrected chi connectivity index (χ4v) is 2.30. The molecule has 96 valence electrons. The van der Waals surface area contributed by atoms with E-state index in [1.165, 1.54) is 24.6 Å². The Balaban J connectivity index is 1.49. The number of nitrogens with zero attached hydrogens (tertiary/aromatic N) is 2. The van der Waals surface area contributed by atoms with Crippen LogP contribution in [0.5, 0.6) is 0 Å².